The highest BCUT2D eigenvalue weighted by Crippen LogP contribution is 2.24. The lowest BCUT2D eigenvalue weighted by atomic mass is 9.99. The number of carbonyl (C=O) groups is 2. The lowest BCUT2D eigenvalue weighted by Crippen LogP contribution is -2.60. The van der Waals surface area contributed by atoms with E-state index in [1.807, 2.05) is 6.08 Å². The van der Waals surface area contributed by atoms with Gasteiger partial charge in [0.1, 0.15) is 24.4 Å². The van der Waals surface area contributed by atoms with Crippen LogP contribution in [0.15, 0.2) is 24.3 Å². The third-order valence-electron chi connectivity index (χ3n) is 17.6. The number of ether oxygens (including phenoxy) is 3. The summed E-state index contributed by atoms with van der Waals surface area (Å²) in [7, 11) is 0. The molecule has 84 heavy (non-hydrogen) atoms. The van der Waals surface area contributed by atoms with Crippen molar-refractivity contribution in [1.82, 2.24) is 5.32 Å². The predicted molar refractivity (Wildman–Crippen MR) is 352 cm³/mol. The highest BCUT2D eigenvalue weighted by molar-refractivity contribution is 5.76. The van der Waals surface area contributed by atoms with Crippen molar-refractivity contribution in [3.05, 3.63) is 24.3 Å². The standard InChI is InChI=1S/C73H139NO10/c1-3-5-7-9-11-13-15-36-40-43-47-51-55-59-66(76)65(64-83-73-72(81)71(80)70(79)67(63-75)84-73)74-68(77)60-56-52-48-44-41-37-34-32-30-28-26-24-22-20-18-16-17-19-21-23-25-27-29-31-33-35-38-42-46-50-54-58-62-82-69(78)61-57-53-49-45-39-14-12-10-8-6-4-2/h40,43,55,59,65-67,70-73,75-76,79-81H,3-39,41-42,44-54,56-58,60-64H2,1-2H3,(H,74,77)/b43-40+,59-55+. The number of aliphatic hydroxyl groups is 5. The van der Waals surface area contributed by atoms with Crippen LogP contribution in [-0.4, -0.2) is 100 Å². The molecule has 11 heteroatoms. The lowest BCUT2D eigenvalue weighted by Gasteiger charge is -2.40. The first-order valence-electron chi connectivity index (χ1n) is 36.6. The van der Waals surface area contributed by atoms with Crippen LogP contribution >= 0.6 is 0 Å². The predicted octanol–water partition coefficient (Wildman–Crippen LogP) is 18.8. The van der Waals surface area contributed by atoms with Crippen LogP contribution < -0.4 is 5.32 Å². The Hall–Kier alpha value is -1.86. The maximum absolute atomic E-state index is 13.1. The van der Waals surface area contributed by atoms with E-state index in [-0.39, 0.29) is 18.5 Å². The van der Waals surface area contributed by atoms with Crippen molar-refractivity contribution in [3.8, 4) is 0 Å². The van der Waals surface area contributed by atoms with E-state index in [2.05, 4.69) is 31.3 Å². The molecule has 0 aromatic heterocycles. The van der Waals surface area contributed by atoms with Gasteiger partial charge in [-0.25, -0.2) is 0 Å². The molecule has 1 amide bonds. The van der Waals surface area contributed by atoms with Gasteiger partial charge in [0.05, 0.1) is 32.0 Å². The Morgan fingerprint density at radius 1 is 0.429 bits per heavy atom. The van der Waals surface area contributed by atoms with Gasteiger partial charge in [-0.3, -0.25) is 9.59 Å². The Kier molecular flexibility index (Phi) is 59.9. The topological polar surface area (TPSA) is 175 Å². The summed E-state index contributed by atoms with van der Waals surface area (Å²) in [6.07, 6.45) is 69.0. The van der Waals surface area contributed by atoms with E-state index < -0.39 is 49.5 Å². The molecule has 0 aliphatic carbocycles. The summed E-state index contributed by atoms with van der Waals surface area (Å²) in [5.74, 6) is -0.172. The molecule has 0 aromatic carbocycles. The number of unbranched alkanes of at least 4 members (excludes halogenated alkanes) is 49. The normalized spacial score (nSPS) is 18.1. The molecule has 1 aliphatic rings. The first-order chi connectivity index (χ1) is 41.2. The van der Waals surface area contributed by atoms with Crippen molar-refractivity contribution in [3.63, 3.8) is 0 Å². The van der Waals surface area contributed by atoms with Gasteiger partial charge in [0.2, 0.25) is 5.91 Å². The SMILES string of the molecule is CCCCCCCCC/C=C/CC/C=C/C(O)C(COC1OC(CO)C(O)C(O)C1O)NC(=O)CCCCCCCCCCCCCCCCCCCCCCCCCCCCCCCCCCOC(=O)CCCCCCCCCCCCC. The second kappa shape index (κ2) is 62.7. The summed E-state index contributed by atoms with van der Waals surface area (Å²) < 4.78 is 16.7. The van der Waals surface area contributed by atoms with Gasteiger partial charge >= 0.3 is 5.97 Å². The molecule has 496 valence electrons. The number of aliphatic hydroxyl groups excluding tert-OH is 5. The maximum atomic E-state index is 13.1. The number of rotatable bonds is 65. The van der Waals surface area contributed by atoms with Crippen molar-refractivity contribution >= 4 is 11.9 Å². The molecule has 7 atom stereocenters. The van der Waals surface area contributed by atoms with E-state index in [1.54, 1.807) is 6.08 Å². The minimum atomic E-state index is -1.57. The summed E-state index contributed by atoms with van der Waals surface area (Å²) in [6.45, 7) is 4.36. The van der Waals surface area contributed by atoms with Crippen LogP contribution in [0.4, 0.5) is 0 Å². The molecule has 1 fully saturated rings. The van der Waals surface area contributed by atoms with Crippen molar-refractivity contribution in [1.29, 1.82) is 0 Å². The van der Waals surface area contributed by atoms with Crippen LogP contribution in [0.2, 0.25) is 0 Å². The molecular formula is C73H139NO10. The second-order valence-corrected chi connectivity index (χ2v) is 25.7. The van der Waals surface area contributed by atoms with Crippen LogP contribution in [0.25, 0.3) is 0 Å². The van der Waals surface area contributed by atoms with Crippen molar-refractivity contribution in [2.45, 2.75) is 410 Å². The Balaban J connectivity index is 1.94. The van der Waals surface area contributed by atoms with Crippen LogP contribution in [0.3, 0.4) is 0 Å². The number of nitrogens with one attached hydrogen (secondary N) is 1. The van der Waals surface area contributed by atoms with E-state index in [0.717, 1.165) is 51.4 Å². The average molecular weight is 1190 g/mol. The molecule has 1 heterocycles. The molecule has 1 saturated heterocycles. The number of amides is 1. The monoisotopic (exact) mass is 1190 g/mol. The van der Waals surface area contributed by atoms with Crippen molar-refractivity contribution < 1.29 is 49.3 Å². The van der Waals surface area contributed by atoms with Gasteiger partial charge in [0.15, 0.2) is 6.29 Å². The average Bonchev–Trinajstić information content (AvgIpc) is 3.69. The summed E-state index contributed by atoms with van der Waals surface area (Å²) in [5, 5.41) is 54.5. The van der Waals surface area contributed by atoms with Crippen LogP contribution in [0, 0.1) is 0 Å². The highest BCUT2D eigenvalue weighted by Gasteiger charge is 2.44. The van der Waals surface area contributed by atoms with E-state index in [9.17, 15) is 35.1 Å². The smallest absolute Gasteiger partial charge is 0.305 e. The summed E-state index contributed by atoms with van der Waals surface area (Å²) in [6, 6.07) is -0.823. The van der Waals surface area contributed by atoms with Gasteiger partial charge < -0.3 is 45.1 Å². The molecule has 0 bridgehead atoms. The molecule has 1 rings (SSSR count). The van der Waals surface area contributed by atoms with E-state index in [0.29, 0.717) is 19.4 Å². The lowest BCUT2D eigenvalue weighted by molar-refractivity contribution is -0.302. The summed E-state index contributed by atoms with van der Waals surface area (Å²) in [5.41, 5.74) is 0. The minimum Gasteiger partial charge on any atom is -0.466 e. The first kappa shape index (κ1) is 80.2. The molecule has 0 aromatic rings. The Labute approximate surface area is 518 Å². The van der Waals surface area contributed by atoms with Gasteiger partial charge in [0, 0.05) is 12.8 Å². The molecule has 11 nitrogen and oxygen atoms in total. The quantitative estimate of drug-likeness (QED) is 0.0195. The van der Waals surface area contributed by atoms with Crippen LogP contribution in [0.1, 0.15) is 367 Å². The van der Waals surface area contributed by atoms with E-state index in [1.165, 1.54) is 289 Å². The van der Waals surface area contributed by atoms with E-state index >= 15 is 0 Å². The minimum absolute atomic E-state index is 0.0137. The molecular weight excluding hydrogens is 1050 g/mol. The van der Waals surface area contributed by atoms with Crippen molar-refractivity contribution in [2.75, 3.05) is 19.8 Å². The van der Waals surface area contributed by atoms with Crippen LogP contribution in [-0.2, 0) is 23.8 Å². The van der Waals surface area contributed by atoms with Gasteiger partial charge in [-0.1, -0.05) is 334 Å². The molecule has 0 spiro atoms. The number of esters is 1. The number of hydrogen-bond acceptors (Lipinski definition) is 10. The zero-order valence-electron chi connectivity index (χ0n) is 55.1. The van der Waals surface area contributed by atoms with E-state index in [4.69, 9.17) is 14.2 Å². The Morgan fingerprint density at radius 3 is 1.18 bits per heavy atom. The summed E-state index contributed by atoms with van der Waals surface area (Å²) >= 11 is 0. The number of carbonyl (C=O) groups excluding carboxylic acids is 2. The van der Waals surface area contributed by atoms with Gasteiger partial charge in [0.25, 0.3) is 0 Å². The Morgan fingerprint density at radius 2 is 0.774 bits per heavy atom. The van der Waals surface area contributed by atoms with Gasteiger partial charge in [-0.05, 0) is 44.9 Å². The van der Waals surface area contributed by atoms with Crippen LogP contribution in [0.5, 0.6) is 0 Å². The largest absolute Gasteiger partial charge is 0.466 e. The zero-order chi connectivity index (χ0) is 60.9. The van der Waals surface area contributed by atoms with Gasteiger partial charge in [-0.15, -0.1) is 0 Å². The number of allylic oxidation sites excluding steroid dienone is 3. The molecule has 6 N–H and O–H groups in total. The summed E-state index contributed by atoms with van der Waals surface area (Å²) in [4.78, 5) is 25.1. The van der Waals surface area contributed by atoms with Crippen molar-refractivity contribution in [2.24, 2.45) is 0 Å². The fourth-order valence-electron chi connectivity index (χ4n) is 11.8. The number of hydrogen-bond donors (Lipinski definition) is 6. The third kappa shape index (κ3) is 51.1. The molecule has 0 radical (unpaired) electrons. The zero-order valence-corrected chi connectivity index (χ0v) is 55.1. The fraction of sp³-hybridized carbons (Fsp3) is 0.918. The maximum Gasteiger partial charge on any atom is 0.305 e. The highest BCUT2D eigenvalue weighted by atomic mass is 16.7. The second-order valence-electron chi connectivity index (χ2n) is 25.7. The molecule has 0 saturated carbocycles. The molecule has 7 unspecified atom stereocenters. The third-order valence-corrected chi connectivity index (χ3v) is 17.6. The molecule has 1 aliphatic heterocycles. The van der Waals surface area contributed by atoms with Gasteiger partial charge in [-0.2, -0.15) is 0 Å². The Bertz CT molecular complexity index is 1440. The first-order valence-corrected chi connectivity index (χ1v) is 36.6. The fourth-order valence-corrected chi connectivity index (χ4v) is 11.8.